The minimum atomic E-state index is -4.09. The first-order valence-corrected chi connectivity index (χ1v) is 9.72. The second-order valence-corrected chi connectivity index (χ2v) is 7.20. The van der Waals surface area contributed by atoms with E-state index in [1.807, 2.05) is 0 Å². The van der Waals surface area contributed by atoms with Crippen molar-refractivity contribution in [2.24, 2.45) is 0 Å². The molecule has 5 nitrogen and oxygen atoms in total. The summed E-state index contributed by atoms with van der Waals surface area (Å²) in [4.78, 5) is 12.0. The summed E-state index contributed by atoms with van der Waals surface area (Å²) in [5, 5.41) is 0. The summed E-state index contributed by atoms with van der Waals surface area (Å²) in [5.41, 5.74) is 0.763. The van der Waals surface area contributed by atoms with Gasteiger partial charge in [-0.3, -0.25) is 4.18 Å². The molecule has 0 aliphatic heterocycles. The van der Waals surface area contributed by atoms with E-state index in [0.29, 0.717) is 12.8 Å². The number of benzene rings is 2. The van der Waals surface area contributed by atoms with Crippen molar-refractivity contribution in [3.63, 3.8) is 0 Å². The summed E-state index contributed by atoms with van der Waals surface area (Å²) >= 11 is 0. The van der Waals surface area contributed by atoms with Crippen LogP contribution in [0.1, 0.15) is 25.3 Å². The maximum absolute atomic E-state index is 13.2. The standard InChI is InChI=1S/C19H21FO5S/c1-2-24-19(21)18(13-7-9-15-8-6-10-16(20)14-15)25-26(22,23)17-11-4-3-5-12-17/h3-6,8,10-12,14,18H,2,7,9,13H2,1H3/t18-/m1/s1. The molecule has 0 aliphatic carbocycles. The van der Waals surface area contributed by atoms with E-state index in [1.54, 1.807) is 37.3 Å². The third kappa shape index (κ3) is 5.93. The Labute approximate surface area is 152 Å². The van der Waals surface area contributed by atoms with Crippen LogP contribution in [0.2, 0.25) is 0 Å². The Morgan fingerprint density at radius 2 is 1.85 bits per heavy atom. The number of carbonyl (C=O) groups excluding carboxylic acids is 1. The maximum Gasteiger partial charge on any atom is 0.336 e. The van der Waals surface area contributed by atoms with E-state index in [2.05, 4.69) is 0 Å². The van der Waals surface area contributed by atoms with Crippen molar-refractivity contribution in [2.45, 2.75) is 37.2 Å². The molecule has 0 aromatic heterocycles. The topological polar surface area (TPSA) is 69.7 Å². The Bertz CT molecular complexity index is 821. The number of rotatable bonds is 9. The molecule has 7 heteroatoms. The summed E-state index contributed by atoms with van der Waals surface area (Å²) in [6.45, 7) is 1.75. The fraction of sp³-hybridized carbons (Fsp3) is 0.316. The summed E-state index contributed by atoms with van der Waals surface area (Å²) in [7, 11) is -4.09. The van der Waals surface area contributed by atoms with Crippen LogP contribution in [0.15, 0.2) is 59.5 Å². The normalized spacial score (nSPS) is 12.5. The van der Waals surface area contributed by atoms with Gasteiger partial charge in [0.2, 0.25) is 0 Å². The molecule has 0 radical (unpaired) electrons. The third-order valence-electron chi connectivity index (χ3n) is 3.64. The number of hydrogen-bond acceptors (Lipinski definition) is 5. The second-order valence-electron chi connectivity index (χ2n) is 5.63. The van der Waals surface area contributed by atoms with Gasteiger partial charge in [0.1, 0.15) is 5.82 Å². The van der Waals surface area contributed by atoms with Crippen LogP contribution in [0.3, 0.4) is 0 Å². The molecule has 26 heavy (non-hydrogen) atoms. The van der Waals surface area contributed by atoms with Crippen LogP contribution >= 0.6 is 0 Å². The molecule has 0 saturated carbocycles. The number of ether oxygens (including phenoxy) is 1. The first-order valence-electron chi connectivity index (χ1n) is 8.32. The van der Waals surface area contributed by atoms with Gasteiger partial charge in [-0.15, -0.1) is 0 Å². The molecule has 0 bridgehead atoms. The molecule has 0 amide bonds. The Balaban J connectivity index is 2.05. The van der Waals surface area contributed by atoms with Crippen molar-refractivity contribution >= 4 is 16.1 Å². The van der Waals surface area contributed by atoms with Gasteiger partial charge in [0.15, 0.2) is 6.10 Å². The van der Waals surface area contributed by atoms with Crippen molar-refractivity contribution in [3.05, 3.63) is 66.0 Å². The molecular weight excluding hydrogens is 359 g/mol. The van der Waals surface area contributed by atoms with Gasteiger partial charge in [-0.05, 0) is 56.0 Å². The summed E-state index contributed by atoms with van der Waals surface area (Å²) in [6.07, 6.45) is -0.171. The number of hydrogen-bond donors (Lipinski definition) is 0. The van der Waals surface area contributed by atoms with E-state index in [4.69, 9.17) is 8.92 Å². The monoisotopic (exact) mass is 380 g/mol. The van der Waals surface area contributed by atoms with Crippen molar-refractivity contribution in [2.75, 3.05) is 6.61 Å². The predicted molar refractivity (Wildman–Crippen MR) is 94.5 cm³/mol. The van der Waals surface area contributed by atoms with E-state index >= 15 is 0 Å². The minimum absolute atomic E-state index is 0.0283. The highest BCUT2D eigenvalue weighted by molar-refractivity contribution is 7.86. The van der Waals surface area contributed by atoms with E-state index in [9.17, 15) is 17.6 Å². The summed E-state index contributed by atoms with van der Waals surface area (Å²) < 4.78 is 48.0. The predicted octanol–water partition coefficient (Wildman–Crippen LogP) is 3.49. The van der Waals surface area contributed by atoms with Gasteiger partial charge in [0.25, 0.3) is 10.1 Å². The average molecular weight is 380 g/mol. The largest absolute Gasteiger partial charge is 0.464 e. The second kappa shape index (κ2) is 9.45. The molecule has 2 aromatic carbocycles. The average Bonchev–Trinajstić information content (AvgIpc) is 2.62. The smallest absolute Gasteiger partial charge is 0.336 e. The minimum Gasteiger partial charge on any atom is -0.464 e. The van der Waals surface area contributed by atoms with Gasteiger partial charge in [-0.2, -0.15) is 8.42 Å². The molecule has 0 spiro atoms. The molecule has 0 saturated heterocycles. The van der Waals surface area contributed by atoms with Gasteiger partial charge >= 0.3 is 5.97 Å². The van der Waals surface area contributed by atoms with E-state index in [0.717, 1.165) is 5.56 Å². The van der Waals surface area contributed by atoms with Gasteiger partial charge in [-0.25, -0.2) is 9.18 Å². The Morgan fingerprint density at radius 3 is 2.50 bits per heavy atom. The molecule has 2 rings (SSSR count). The number of halogens is 1. The Hall–Kier alpha value is -2.25. The molecule has 0 aliphatic rings. The van der Waals surface area contributed by atoms with Crippen molar-refractivity contribution in [3.8, 4) is 0 Å². The third-order valence-corrected chi connectivity index (χ3v) is 4.98. The molecular formula is C19H21FO5S. The number of esters is 1. The van der Waals surface area contributed by atoms with Gasteiger partial charge in [0.05, 0.1) is 11.5 Å². The van der Waals surface area contributed by atoms with Crippen LogP contribution in [-0.4, -0.2) is 27.1 Å². The lowest BCUT2D eigenvalue weighted by Crippen LogP contribution is -2.29. The van der Waals surface area contributed by atoms with Crippen molar-refractivity contribution in [1.29, 1.82) is 0 Å². The van der Waals surface area contributed by atoms with Crippen LogP contribution in [0.4, 0.5) is 4.39 Å². The fourth-order valence-corrected chi connectivity index (χ4v) is 3.50. The lowest BCUT2D eigenvalue weighted by molar-refractivity contribution is -0.151. The quantitative estimate of drug-likeness (QED) is 0.492. The molecule has 2 aromatic rings. The molecule has 0 unspecified atom stereocenters. The summed E-state index contributed by atoms with van der Waals surface area (Å²) in [5.74, 6) is -1.07. The van der Waals surface area contributed by atoms with E-state index in [-0.39, 0.29) is 23.7 Å². The Morgan fingerprint density at radius 1 is 1.12 bits per heavy atom. The van der Waals surface area contributed by atoms with Crippen LogP contribution in [-0.2, 0) is 30.3 Å². The molecule has 1 atom stereocenters. The lowest BCUT2D eigenvalue weighted by Gasteiger charge is -2.16. The highest BCUT2D eigenvalue weighted by Crippen LogP contribution is 2.18. The van der Waals surface area contributed by atoms with E-state index in [1.165, 1.54) is 24.3 Å². The van der Waals surface area contributed by atoms with Crippen LogP contribution < -0.4 is 0 Å². The molecule has 140 valence electrons. The van der Waals surface area contributed by atoms with Crippen molar-refractivity contribution < 1.29 is 26.5 Å². The Kier molecular flexibility index (Phi) is 7.29. The van der Waals surface area contributed by atoms with Crippen LogP contribution in [0.5, 0.6) is 0 Å². The first kappa shape index (κ1) is 20.1. The van der Waals surface area contributed by atoms with Gasteiger partial charge in [0, 0.05) is 0 Å². The SMILES string of the molecule is CCOC(=O)[C@@H](CCCc1cccc(F)c1)OS(=O)(=O)c1ccccc1. The lowest BCUT2D eigenvalue weighted by atomic mass is 10.1. The van der Waals surface area contributed by atoms with Gasteiger partial charge < -0.3 is 4.74 Å². The van der Waals surface area contributed by atoms with Crippen LogP contribution in [0, 0.1) is 5.82 Å². The van der Waals surface area contributed by atoms with Crippen LogP contribution in [0.25, 0.3) is 0 Å². The maximum atomic E-state index is 13.2. The van der Waals surface area contributed by atoms with Gasteiger partial charge in [-0.1, -0.05) is 30.3 Å². The zero-order valence-corrected chi connectivity index (χ0v) is 15.2. The number of aryl methyl sites for hydroxylation is 1. The van der Waals surface area contributed by atoms with Crippen molar-refractivity contribution in [1.82, 2.24) is 0 Å². The fourth-order valence-electron chi connectivity index (χ4n) is 2.42. The zero-order chi connectivity index (χ0) is 19.0. The molecule has 0 fully saturated rings. The highest BCUT2D eigenvalue weighted by atomic mass is 32.2. The summed E-state index contributed by atoms with van der Waals surface area (Å²) in [6, 6.07) is 13.7. The molecule has 0 heterocycles. The number of carbonyl (C=O) groups is 1. The first-order chi connectivity index (χ1) is 12.4. The zero-order valence-electron chi connectivity index (χ0n) is 14.4. The molecule has 0 N–H and O–H groups in total. The highest BCUT2D eigenvalue weighted by Gasteiger charge is 2.28. The van der Waals surface area contributed by atoms with E-state index < -0.39 is 22.2 Å².